The lowest BCUT2D eigenvalue weighted by Crippen LogP contribution is -2.46. The molecule has 1 saturated carbocycles. The molecule has 1 aromatic rings. The highest BCUT2D eigenvalue weighted by atomic mass is 15.2. The summed E-state index contributed by atoms with van der Waals surface area (Å²) in [6.45, 7) is 3.35. The van der Waals surface area contributed by atoms with Crippen LogP contribution in [0.15, 0.2) is 18.2 Å². The Bertz CT molecular complexity index is 405. The number of hydrogen-bond acceptors (Lipinski definition) is 2. The summed E-state index contributed by atoms with van der Waals surface area (Å²) >= 11 is 0. The third-order valence-electron chi connectivity index (χ3n) is 4.66. The Labute approximate surface area is 110 Å². The zero-order chi connectivity index (χ0) is 12.5. The summed E-state index contributed by atoms with van der Waals surface area (Å²) in [6.07, 6.45) is 8.42. The first-order valence-corrected chi connectivity index (χ1v) is 7.38. The molecule has 18 heavy (non-hydrogen) atoms. The molecule has 0 bridgehead atoms. The Hall–Kier alpha value is -1.18. The fourth-order valence-corrected chi connectivity index (χ4v) is 3.90. The Morgan fingerprint density at radius 2 is 1.83 bits per heavy atom. The fourth-order valence-electron chi connectivity index (χ4n) is 3.90. The molecule has 0 amide bonds. The molecular weight excluding hydrogens is 220 g/mol. The summed E-state index contributed by atoms with van der Waals surface area (Å²) in [5, 5.41) is 0. The highest BCUT2D eigenvalue weighted by Gasteiger charge is 2.33. The van der Waals surface area contributed by atoms with Gasteiger partial charge in [-0.1, -0.05) is 12.8 Å². The van der Waals surface area contributed by atoms with Crippen molar-refractivity contribution in [1.29, 1.82) is 0 Å². The van der Waals surface area contributed by atoms with Crippen molar-refractivity contribution in [3.05, 3.63) is 23.8 Å². The Morgan fingerprint density at radius 1 is 1.06 bits per heavy atom. The number of nitrogens with two attached hydrogens (primary N) is 1. The number of anilines is 2. The van der Waals surface area contributed by atoms with E-state index in [1.807, 2.05) is 0 Å². The van der Waals surface area contributed by atoms with Gasteiger partial charge < -0.3 is 10.6 Å². The molecule has 2 atom stereocenters. The van der Waals surface area contributed by atoms with E-state index in [1.165, 1.54) is 56.3 Å². The summed E-state index contributed by atoms with van der Waals surface area (Å²) in [5.41, 5.74) is 9.54. The van der Waals surface area contributed by atoms with Crippen LogP contribution in [0.1, 0.15) is 44.1 Å². The smallest absolute Gasteiger partial charge is 0.0392 e. The van der Waals surface area contributed by atoms with Crippen molar-refractivity contribution in [2.24, 2.45) is 5.92 Å². The molecule has 98 valence electrons. The minimum absolute atomic E-state index is 0.772. The number of nitrogen functional groups attached to an aromatic ring is 1. The van der Waals surface area contributed by atoms with Gasteiger partial charge in [0.25, 0.3) is 0 Å². The summed E-state index contributed by atoms with van der Waals surface area (Å²) in [6, 6.07) is 7.29. The highest BCUT2D eigenvalue weighted by Crippen LogP contribution is 2.38. The van der Waals surface area contributed by atoms with E-state index in [0.717, 1.165) is 17.6 Å². The minimum atomic E-state index is 0.772. The molecule has 1 aromatic carbocycles. The van der Waals surface area contributed by atoms with Crippen LogP contribution in [-0.2, 0) is 0 Å². The van der Waals surface area contributed by atoms with Gasteiger partial charge in [0, 0.05) is 24.0 Å². The highest BCUT2D eigenvalue weighted by molar-refractivity contribution is 5.59. The topological polar surface area (TPSA) is 29.3 Å². The second-order valence-corrected chi connectivity index (χ2v) is 6.05. The maximum atomic E-state index is 6.01. The third-order valence-corrected chi connectivity index (χ3v) is 4.66. The van der Waals surface area contributed by atoms with E-state index < -0.39 is 0 Å². The quantitative estimate of drug-likeness (QED) is 0.763. The molecule has 2 unspecified atom stereocenters. The maximum absolute atomic E-state index is 6.01. The molecule has 1 saturated heterocycles. The van der Waals surface area contributed by atoms with Gasteiger partial charge in [-0.25, -0.2) is 0 Å². The molecule has 0 aromatic heterocycles. The monoisotopic (exact) mass is 244 g/mol. The predicted octanol–water partition coefficient (Wildman–Crippen LogP) is 3.74. The molecule has 2 heteroatoms. The average molecular weight is 244 g/mol. The SMILES string of the molecule is Cc1cc(N)cc(N2CCCC3CCCCC32)c1. The first-order valence-electron chi connectivity index (χ1n) is 7.38. The van der Waals surface area contributed by atoms with E-state index in [1.54, 1.807) is 0 Å². The zero-order valence-electron chi connectivity index (χ0n) is 11.4. The summed E-state index contributed by atoms with van der Waals surface area (Å²) in [5.74, 6) is 0.925. The molecule has 1 heterocycles. The predicted molar refractivity (Wildman–Crippen MR) is 77.9 cm³/mol. The number of hydrogen-bond donors (Lipinski definition) is 1. The number of piperidine rings is 1. The van der Waals surface area contributed by atoms with E-state index in [2.05, 4.69) is 30.0 Å². The van der Waals surface area contributed by atoms with Crippen LogP contribution in [0.3, 0.4) is 0 Å². The van der Waals surface area contributed by atoms with E-state index in [4.69, 9.17) is 5.73 Å². The van der Waals surface area contributed by atoms with Crippen LogP contribution in [0.5, 0.6) is 0 Å². The van der Waals surface area contributed by atoms with Crippen molar-refractivity contribution in [3.63, 3.8) is 0 Å². The van der Waals surface area contributed by atoms with Crippen molar-refractivity contribution in [2.75, 3.05) is 17.2 Å². The molecule has 2 nitrogen and oxygen atoms in total. The number of nitrogens with zero attached hydrogens (tertiary/aromatic N) is 1. The van der Waals surface area contributed by atoms with Gasteiger partial charge in [0.2, 0.25) is 0 Å². The van der Waals surface area contributed by atoms with Gasteiger partial charge in [0.15, 0.2) is 0 Å². The van der Waals surface area contributed by atoms with Crippen molar-refractivity contribution in [3.8, 4) is 0 Å². The van der Waals surface area contributed by atoms with E-state index in [-0.39, 0.29) is 0 Å². The van der Waals surface area contributed by atoms with Gasteiger partial charge in [-0.3, -0.25) is 0 Å². The second kappa shape index (κ2) is 4.83. The summed E-state index contributed by atoms with van der Waals surface area (Å²) < 4.78 is 0. The molecule has 2 fully saturated rings. The Morgan fingerprint density at radius 3 is 2.67 bits per heavy atom. The number of benzene rings is 1. The lowest BCUT2D eigenvalue weighted by molar-refractivity contribution is 0.244. The molecule has 2 N–H and O–H groups in total. The average Bonchev–Trinajstić information content (AvgIpc) is 2.37. The molecule has 1 aliphatic heterocycles. The fraction of sp³-hybridized carbons (Fsp3) is 0.625. The largest absolute Gasteiger partial charge is 0.399 e. The van der Waals surface area contributed by atoms with Crippen LogP contribution in [0.4, 0.5) is 11.4 Å². The molecule has 3 rings (SSSR count). The standard InChI is InChI=1S/C16H24N2/c1-12-9-14(17)11-15(10-12)18-8-4-6-13-5-2-3-7-16(13)18/h9-11,13,16H,2-8,17H2,1H3. The number of fused-ring (bicyclic) bond motifs is 1. The summed E-state index contributed by atoms with van der Waals surface area (Å²) in [7, 11) is 0. The molecular formula is C16H24N2. The van der Waals surface area contributed by atoms with Gasteiger partial charge in [-0.05, 0) is 62.3 Å². The molecule has 0 radical (unpaired) electrons. The van der Waals surface area contributed by atoms with Gasteiger partial charge in [-0.15, -0.1) is 0 Å². The van der Waals surface area contributed by atoms with Crippen LogP contribution in [0, 0.1) is 12.8 Å². The van der Waals surface area contributed by atoms with Crippen LogP contribution >= 0.6 is 0 Å². The van der Waals surface area contributed by atoms with Crippen molar-refractivity contribution in [1.82, 2.24) is 0 Å². The van der Waals surface area contributed by atoms with Crippen molar-refractivity contribution >= 4 is 11.4 Å². The number of aryl methyl sites for hydroxylation is 1. The van der Waals surface area contributed by atoms with Crippen LogP contribution < -0.4 is 10.6 Å². The molecule has 0 spiro atoms. The normalized spacial score (nSPS) is 27.9. The van der Waals surface area contributed by atoms with Crippen LogP contribution in [0.25, 0.3) is 0 Å². The van der Waals surface area contributed by atoms with Crippen molar-refractivity contribution in [2.45, 2.75) is 51.5 Å². The zero-order valence-corrected chi connectivity index (χ0v) is 11.4. The second-order valence-electron chi connectivity index (χ2n) is 6.05. The maximum Gasteiger partial charge on any atom is 0.0392 e. The Balaban J connectivity index is 1.89. The van der Waals surface area contributed by atoms with Gasteiger partial charge in [-0.2, -0.15) is 0 Å². The Kier molecular flexibility index (Phi) is 3.19. The van der Waals surface area contributed by atoms with Gasteiger partial charge in [0.05, 0.1) is 0 Å². The lowest BCUT2D eigenvalue weighted by atomic mass is 9.78. The molecule has 1 aliphatic carbocycles. The number of rotatable bonds is 1. The molecule has 2 aliphatic rings. The minimum Gasteiger partial charge on any atom is -0.399 e. The van der Waals surface area contributed by atoms with Crippen LogP contribution in [0.2, 0.25) is 0 Å². The van der Waals surface area contributed by atoms with Gasteiger partial charge >= 0.3 is 0 Å². The van der Waals surface area contributed by atoms with E-state index >= 15 is 0 Å². The third kappa shape index (κ3) is 2.21. The lowest BCUT2D eigenvalue weighted by Gasteiger charge is -2.45. The van der Waals surface area contributed by atoms with Crippen LogP contribution in [-0.4, -0.2) is 12.6 Å². The van der Waals surface area contributed by atoms with E-state index in [9.17, 15) is 0 Å². The van der Waals surface area contributed by atoms with Gasteiger partial charge in [0.1, 0.15) is 0 Å². The van der Waals surface area contributed by atoms with E-state index in [0.29, 0.717) is 0 Å². The van der Waals surface area contributed by atoms with Crippen molar-refractivity contribution < 1.29 is 0 Å². The first-order chi connectivity index (χ1) is 8.74. The first kappa shape index (κ1) is 11.9. The summed E-state index contributed by atoms with van der Waals surface area (Å²) in [4.78, 5) is 2.64.